The van der Waals surface area contributed by atoms with E-state index >= 15 is 0 Å². The Morgan fingerprint density at radius 2 is 2.30 bits per heavy atom. The summed E-state index contributed by atoms with van der Waals surface area (Å²) < 4.78 is 5.57. The maximum absolute atomic E-state index is 12.3. The summed E-state index contributed by atoms with van der Waals surface area (Å²) in [6.45, 7) is 2.75. The molecule has 0 heterocycles. The van der Waals surface area contributed by atoms with Gasteiger partial charge in [-0.1, -0.05) is 35.3 Å². The van der Waals surface area contributed by atoms with Crippen LogP contribution >= 0.6 is 15.9 Å². The maximum atomic E-state index is 12.3. The summed E-state index contributed by atoms with van der Waals surface area (Å²) in [6.07, 6.45) is 4.43. The van der Waals surface area contributed by atoms with Crippen LogP contribution in [0.15, 0.2) is 24.3 Å². The van der Waals surface area contributed by atoms with E-state index in [1.54, 1.807) is 0 Å². The van der Waals surface area contributed by atoms with E-state index in [0.29, 0.717) is 24.1 Å². The molecule has 1 aliphatic rings. The molecule has 20 heavy (non-hydrogen) atoms. The zero-order valence-corrected chi connectivity index (χ0v) is 13.5. The Balaban J connectivity index is 1.98. The fourth-order valence-corrected chi connectivity index (χ4v) is 3.39. The second-order valence-corrected chi connectivity index (χ2v) is 5.95. The van der Waals surface area contributed by atoms with Crippen molar-refractivity contribution in [2.24, 2.45) is 5.92 Å². The van der Waals surface area contributed by atoms with E-state index in [9.17, 15) is 4.79 Å². The first-order valence-electron chi connectivity index (χ1n) is 7.34. The van der Waals surface area contributed by atoms with Gasteiger partial charge in [0.15, 0.2) is 0 Å². The van der Waals surface area contributed by atoms with Crippen LogP contribution in [0.1, 0.15) is 43.0 Å². The van der Waals surface area contributed by atoms with Crippen LogP contribution in [0.3, 0.4) is 0 Å². The van der Waals surface area contributed by atoms with Gasteiger partial charge in [0.2, 0.25) is 0 Å². The highest BCUT2D eigenvalue weighted by molar-refractivity contribution is 9.09. The van der Waals surface area contributed by atoms with Gasteiger partial charge in [-0.2, -0.15) is 0 Å². The minimum Gasteiger partial charge on any atom is -0.494 e. The Morgan fingerprint density at radius 1 is 1.45 bits per heavy atom. The van der Waals surface area contributed by atoms with Crippen molar-refractivity contribution in [1.29, 1.82) is 0 Å². The lowest BCUT2D eigenvalue weighted by Gasteiger charge is -2.19. The molecule has 0 saturated heterocycles. The fourth-order valence-electron chi connectivity index (χ4n) is 2.61. The normalized spacial score (nSPS) is 21.7. The van der Waals surface area contributed by atoms with Gasteiger partial charge >= 0.3 is 0 Å². The molecule has 2 unspecified atom stereocenters. The van der Waals surface area contributed by atoms with Crippen molar-refractivity contribution in [3.05, 3.63) is 29.8 Å². The van der Waals surface area contributed by atoms with Crippen molar-refractivity contribution in [2.75, 3.05) is 11.9 Å². The first-order chi connectivity index (χ1) is 9.74. The number of halogens is 1. The molecule has 0 radical (unpaired) electrons. The van der Waals surface area contributed by atoms with Crippen LogP contribution in [0, 0.1) is 5.92 Å². The van der Waals surface area contributed by atoms with Gasteiger partial charge < -0.3 is 10.1 Å². The third kappa shape index (κ3) is 3.98. The lowest BCUT2D eigenvalue weighted by atomic mass is 10.1. The number of hydrogen-bond donors (Lipinski definition) is 1. The Bertz CT molecular complexity index is 450. The average molecular weight is 340 g/mol. The van der Waals surface area contributed by atoms with E-state index in [4.69, 9.17) is 4.74 Å². The number of carbonyl (C=O) groups excluding carboxylic acids is 1. The van der Waals surface area contributed by atoms with E-state index < -0.39 is 0 Å². The molecule has 1 aliphatic carbocycles. The van der Waals surface area contributed by atoms with Crippen molar-refractivity contribution in [2.45, 2.75) is 38.6 Å². The smallest absolute Gasteiger partial charge is 0.251 e. The molecule has 0 spiro atoms. The quantitative estimate of drug-likeness (QED) is 0.801. The van der Waals surface area contributed by atoms with Crippen molar-refractivity contribution >= 4 is 21.8 Å². The average Bonchev–Trinajstić information content (AvgIpc) is 2.92. The van der Waals surface area contributed by atoms with Crippen molar-refractivity contribution in [3.63, 3.8) is 0 Å². The summed E-state index contributed by atoms with van der Waals surface area (Å²) in [5.74, 6) is 1.33. The number of ether oxygens (including phenoxy) is 1. The van der Waals surface area contributed by atoms with E-state index in [1.165, 1.54) is 12.8 Å². The summed E-state index contributed by atoms with van der Waals surface area (Å²) in [6, 6.07) is 7.72. The first-order valence-corrected chi connectivity index (χ1v) is 8.46. The Morgan fingerprint density at radius 3 is 3.05 bits per heavy atom. The molecule has 1 N–H and O–H groups in total. The van der Waals surface area contributed by atoms with Crippen LogP contribution in [-0.2, 0) is 0 Å². The third-order valence-corrected chi connectivity index (χ3v) is 4.57. The molecule has 1 saturated carbocycles. The van der Waals surface area contributed by atoms with Gasteiger partial charge in [0.25, 0.3) is 5.91 Å². The standard InChI is InChI=1S/C16H22BrNO2/c1-2-9-20-14-7-3-5-12(10-14)16(19)18-15-8-4-6-13(15)11-17/h3,5,7,10,13,15H,2,4,6,8-9,11H2,1H3,(H,18,19). The molecule has 3 nitrogen and oxygen atoms in total. The topological polar surface area (TPSA) is 38.3 Å². The van der Waals surface area contributed by atoms with E-state index in [1.807, 2.05) is 24.3 Å². The molecular formula is C16H22BrNO2. The molecule has 1 amide bonds. The summed E-state index contributed by atoms with van der Waals surface area (Å²) in [7, 11) is 0. The van der Waals surface area contributed by atoms with Crippen molar-refractivity contribution in [3.8, 4) is 5.75 Å². The zero-order chi connectivity index (χ0) is 14.4. The van der Waals surface area contributed by atoms with Gasteiger partial charge in [-0.3, -0.25) is 4.79 Å². The fraction of sp³-hybridized carbons (Fsp3) is 0.562. The molecule has 0 bridgehead atoms. The van der Waals surface area contributed by atoms with Crippen LogP contribution in [0.5, 0.6) is 5.75 Å². The molecule has 2 atom stereocenters. The lowest BCUT2D eigenvalue weighted by Crippen LogP contribution is -2.37. The minimum atomic E-state index is 0.00444. The SMILES string of the molecule is CCCOc1cccc(C(=O)NC2CCCC2CBr)c1. The molecule has 1 aromatic rings. The number of carbonyl (C=O) groups is 1. The van der Waals surface area contributed by atoms with E-state index in [-0.39, 0.29) is 5.91 Å². The van der Waals surface area contributed by atoms with Crippen LogP contribution in [-0.4, -0.2) is 23.9 Å². The Labute approximate surface area is 129 Å². The van der Waals surface area contributed by atoms with Gasteiger partial charge in [-0.05, 0) is 43.4 Å². The van der Waals surface area contributed by atoms with Gasteiger partial charge in [-0.25, -0.2) is 0 Å². The van der Waals surface area contributed by atoms with Crippen LogP contribution in [0.2, 0.25) is 0 Å². The molecule has 2 rings (SSSR count). The molecule has 0 aliphatic heterocycles. The maximum Gasteiger partial charge on any atom is 0.251 e. The Hall–Kier alpha value is -1.03. The second-order valence-electron chi connectivity index (χ2n) is 5.30. The first kappa shape index (κ1) is 15.4. The van der Waals surface area contributed by atoms with Crippen molar-refractivity contribution < 1.29 is 9.53 Å². The van der Waals surface area contributed by atoms with Crippen molar-refractivity contribution in [1.82, 2.24) is 5.32 Å². The highest BCUT2D eigenvalue weighted by Gasteiger charge is 2.27. The molecule has 0 aromatic heterocycles. The van der Waals surface area contributed by atoms with Gasteiger partial charge in [0, 0.05) is 16.9 Å². The highest BCUT2D eigenvalue weighted by Crippen LogP contribution is 2.27. The number of benzene rings is 1. The van der Waals surface area contributed by atoms with Gasteiger partial charge in [0.05, 0.1) is 6.61 Å². The molecule has 110 valence electrons. The third-order valence-electron chi connectivity index (χ3n) is 3.74. The minimum absolute atomic E-state index is 0.00444. The number of amides is 1. The molecule has 1 aromatic carbocycles. The number of alkyl halides is 1. The summed E-state index contributed by atoms with van der Waals surface area (Å²) in [5.41, 5.74) is 0.679. The molecular weight excluding hydrogens is 318 g/mol. The zero-order valence-electron chi connectivity index (χ0n) is 11.9. The number of nitrogens with one attached hydrogen (secondary N) is 1. The number of hydrogen-bond acceptors (Lipinski definition) is 2. The number of rotatable bonds is 6. The molecule has 4 heteroatoms. The lowest BCUT2D eigenvalue weighted by molar-refractivity contribution is 0.0930. The van der Waals surface area contributed by atoms with Crippen LogP contribution in [0.4, 0.5) is 0 Å². The summed E-state index contributed by atoms with van der Waals surface area (Å²) in [5, 5.41) is 4.11. The monoisotopic (exact) mass is 339 g/mol. The predicted molar refractivity (Wildman–Crippen MR) is 84.6 cm³/mol. The molecule has 1 fully saturated rings. The van der Waals surface area contributed by atoms with E-state index in [2.05, 4.69) is 28.2 Å². The second kappa shape index (κ2) is 7.67. The Kier molecular flexibility index (Phi) is 5.89. The van der Waals surface area contributed by atoms with Gasteiger partial charge in [0.1, 0.15) is 5.75 Å². The summed E-state index contributed by atoms with van der Waals surface area (Å²) in [4.78, 5) is 12.3. The van der Waals surface area contributed by atoms with Gasteiger partial charge in [-0.15, -0.1) is 0 Å². The van der Waals surface area contributed by atoms with E-state index in [0.717, 1.165) is 23.9 Å². The highest BCUT2D eigenvalue weighted by atomic mass is 79.9. The predicted octanol–water partition coefficient (Wildman–Crippen LogP) is 3.77. The van der Waals surface area contributed by atoms with Crippen LogP contribution < -0.4 is 10.1 Å². The largest absolute Gasteiger partial charge is 0.494 e. The van der Waals surface area contributed by atoms with Crippen LogP contribution in [0.25, 0.3) is 0 Å². The summed E-state index contributed by atoms with van der Waals surface area (Å²) >= 11 is 3.53.